The van der Waals surface area contributed by atoms with Crippen LogP contribution in [-0.2, 0) is 11.2 Å². The van der Waals surface area contributed by atoms with Crippen LogP contribution in [0.15, 0.2) is 18.2 Å². The molecule has 86 valence electrons. The van der Waals surface area contributed by atoms with Crippen molar-refractivity contribution < 1.29 is 13.6 Å². The molecular weight excluding hydrogens is 212 g/mol. The van der Waals surface area contributed by atoms with Crippen LogP contribution in [-0.4, -0.2) is 12.5 Å². The third kappa shape index (κ3) is 2.38. The number of amides is 1. The van der Waals surface area contributed by atoms with Crippen molar-refractivity contribution in [3.63, 3.8) is 0 Å². The number of benzene rings is 1. The highest BCUT2D eigenvalue weighted by Crippen LogP contribution is 2.18. The lowest BCUT2D eigenvalue weighted by molar-refractivity contribution is -0.126. The Balaban J connectivity index is 2.08. The van der Waals surface area contributed by atoms with Gasteiger partial charge in [0.25, 0.3) is 0 Å². The van der Waals surface area contributed by atoms with Crippen molar-refractivity contribution >= 4 is 5.91 Å². The molecule has 1 fully saturated rings. The van der Waals surface area contributed by atoms with Gasteiger partial charge in [-0.15, -0.1) is 0 Å². The highest BCUT2D eigenvalue weighted by atomic mass is 19.2. The summed E-state index contributed by atoms with van der Waals surface area (Å²) in [5.74, 6) is -1.81. The third-order valence-corrected chi connectivity index (χ3v) is 2.87. The van der Waals surface area contributed by atoms with Crippen LogP contribution in [0.4, 0.5) is 8.78 Å². The molecule has 0 bridgehead atoms. The Hall–Kier alpha value is -1.45. The van der Waals surface area contributed by atoms with Crippen LogP contribution >= 0.6 is 0 Å². The van der Waals surface area contributed by atoms with Gasteiger partial charge < -0.3 is 5.32 Å². The second kappa shape index (κ2) is 4.60. The molecule has 0 aliphatic carbocycles. The molecular formula is C12H13F2NO. The van der Waals surface area contributed by atoms with Gasteiger partial charge in [-0.3, -0.25) is 4.79 Å². The van der Waals surface area contributed by atoms with Crippen LogP contribution in [0.1, 0.15) is 18.4 Å². The SMILES string of the molecule is O=C1NCCCC1Cc1ccc(F)c(F)c1. The summed E-state index contributed by atoms with van der Waals surface area (Å²) in [6, 6.07) is 3.79. The first-order valence-corrected chi connectivity index (χ1v) is 5.38. The van der Waals surface area contributed by atoms with Crippen LogP contribution < -0.4 is 5.32 Å². The summed E-state index contributed by atoms with van der Waals surface area (Å²) in [6.45, 7) is 0.715. The fourth-order valence-corrected chi connectivity index (χ4v) is 1.98. The molecule has 1 aliphatic rings. The highest BCUT2D eigenvalue weighted by Gasteiger charge is 2.22. The fraction of sp³-hybridized carbons (Fsp3) is 0.417. The summed E-state index contributed by atoms with van der Waals surface area (Å²) >= 11 is 0. The van der Waals surface area contributed by atoms with E-state index < -0.39 is 11.6 Å². The van der Waals surface area contributed by atoms with Crippen molar-refractivity contribution in [3.8, 4) is 0 Å². The van der Waals surface area contributed by atoms with Crippen molar-refractivity contribution in [1.29, 1.82) is 0 Å². The molecule has 0 saturated carbocycles. The molecule has 1 aromatic carbocycles. The summed E-state index contributed by atoms with van der Waals surface area (Å²) in [4.78, 5) is 11.5. The zero-order chi connectivity index (χ0) is 11.5. The molecule has 1 atom stereocenters. The Morgan fingerprint density at radius 3 is 2.81 bits per heavy atom. The first kappa shape index (κ1) is 11.0. The predicted octanol–water partition coefficient (Wildman–Crippen LogP) is 2.03. The van der Waals surface area contributed by atoms with E-state index in [1.54, 1.807) is 0 Å². The van der Waals surface area contributed by atoms with Crippen LogP contribution in [0.25, 0.3) is 0 Å². The van der Waals surface area contributed by atoms with Gasteiger partial charge >= 0.3 is 0 Å². The fourth-order valence-electron chi connectivity index (χ4n) is 1.98. The summed E-state index contributed by atoms with van der Waals surface area (Å²) in [5, 5.41) is 2.77. The minimum atomic E-state index is -0.853. The van der Waals surface area contributed by atoms with Crippen molar-refractivity contribution in [2.75, 3.05) is 6.54 Å². The average Bonchev–Trinajstić information content (AvgIpc) is 2.27. The normalized spacial score (nSPS) is 20.6. The molecule has 0 spiro atoms. The van der Waals surface area contributed by atoms with Gasteiger partial charge in [-0.2, -0.15) is 0 Å². The Morgan fingerprint density at radius 1 is 1.31 bits per heavy atom. The Labute approximate surface area is 92.7 Å². The molecule has 1 aliphatic heterocycles. The topological polar surface area (TPSA) is 29.1 Å². The van der Waals surface area contributed by atoms with Crippen molar-refractivity contribution in [3.05, 3.63) is 35.4 Å². The van der Waals surface area contributed by atoms with Crippen molar-refractivity contribution in [2.24, 2.45) is 5.92 Å². The smallest absolute Gasteiger partial charge is 0.223 e. The lowest BCUT2D eigenvalue weighted by Crippen LogP contribution is -2.37. The van der Waals surface area contributed by atoms with E-state index in [9.17, 15) is 13.6 Å². The van der Waals surface area contributed by atoms with E-state index in [0.717, 1.165) is 25.0 Å². The molecule has 0 radical (unpaired) electrons. The largest absolute Gasteiger partial charge is 0.356 e. The maximum absolute atomic E-state index is 13.0. The van der Waals surface area contributed by atoms with E-state index in [0.29, 0.717) is 18.5 Å². The number of nitrogens with one attached hydrogen (secondary N) is 1. The summed E-state index contributed by atoms with van der Waals surface area (Å²) in [7, 11) is 0. The summed E-state index contributed by atoms with van der Waals surface area (Å²) < 4.78 is 25.7. The minimum absolute atomic E-state index is 0.0102. The van der Waals surface area contributed by atoms with E-state index in [1.165, 1.54) is 6.07 Å². The van der Waals surface area contributed by atoms with E-state index in [1.807, 2.05) is 0 Å². The number of carbonyl (C=O) groups is 1. The van der Waals surface area contributed by atoms with Gasteiger partial charge in [0.1, 0.15) is 0 Å². The van der Waals surface area contributed by atoms with Gasteiger partial charge in [-0.1, -0.05) is 6.07 Å². The average molecular weight is 225 g/mol. The molecule has 1 amide bonds. The molecule has 1 unspecified atom stereocenters. The molecule has 0 aromatic heterocycles. The van der Waals surface area contributed by atoms with Crippen molar-refractivity contribution in [2.45, 2.75) is 19.3 Å². The number of rotatable bonds is 2. The van der Waals surface area contributed by atoms with E-state index in [-0.39, 0.29) is 11.8 Å². The second-order valence-corrected chi connectivity index (χ2v) is 4.08. The molecule has 2 nitrogen and oxygen atoms in total. The van der Waals surface area contributed by atoms with Gasteiger partial charge in [-0.05, 0) is 37.0 Å². The number of piperidine rings is 1. The highest BCUT2D eigenvalue weighted by molar-refractivity contribution is 5.79. The number of halogens is 2. The van der Waals surface area contributed by atoms with Gasteiger partial charge in [0, 0.05) is 12.5 Å². The zero-order valence-corrected chi connectivity index (χ0v) is 8.80. The molecule has 2 rings (SSSR count). The molecule has 1 aromatic rings. The number of hydrogen-bond donors (Lipinski definition) is 1. The molecule has 1 saturated heterocycles. The summed E-state index contributed by atoms with van der Waals surface area (Å²) in [6.07, 6.45) is 2.23. The molecule has 4 heteroatoms. The van der Waals surface area contributed by atoms with Crippen LogP contribution in [0, 0.1) is 17.6 Å². The lowest BCUT2D eigenvalue weighted by atomic mass is 9.91. The van der Waals surface area contributed by atoms with Crippen LogP contribution in [0.5, 0.6) is 0 Å². The first-order chi connectivity index (χ1) is 7.66. The lowest BCUT2D eigenvalue weighted by Gasteiger charge is -2.21. The van der Waals surface area contributed by atoms with E-state index >= 15 is 0 Å². The van der Waals surface area contributed by atoms with E-state index in [2.05, 4.69) is 5.32 Å². The Bertz CT molecular complexity index is 406. The monoisotopic (exact) mass is 225 g/mol. The first-order valence-electron chi connectivity index (χ1n) is 5.38. The summed E-state index contributed by atoms with van der Waals surface area (Å²) in [5.41, 5.74) is 0.668. The van der Waals surface area contributed by atoms with Gasteiger partial charge in [-0.25, -0.2) is 8.78 Å². The Kier molecular flexibility index (Phi) is 3.17. The maximum Gasteiger partial charge on any atom is 0.223 e. The predicted molar refractivity (Wildman–Crippen MR) is 55.8 cm³/mol. The van der Waals surface area contributed by atoms with Crippen LogP contribution in [0.2, 0.25) is 0 Å². The van der Waals surface area contributed by atoms with Gasteiger partial charge in [0.2, 0.25) is 5.91 Å². The quantitative estimate of drug-likeness (QED) is 0.819. The molecule has 1 N–H and O–H groups in total. The van der Waals surface area contributed by atoms with Gasteiger partial charge in [0.15, 0.2) is 11.6 Å². The molecule has 16 heavy (non-hydrogen) atoms. The second-order valence-electron chi connectivity index (χ2n) is 4.08. The standard InChI is InChI=1S/C12H13F2NO/c13-10-4-3-8(7-11(10)14)6-9-2-1-5-15-12(9)16/h3-4,7,9H,1-2,5-6H2,(H,15,16). The van der Waals surface area contributed by atoms with E-state index in [4.69, 9.17) is 0 Å². The minimum Gasteiger partial charge on any atom is -0.356 e. The van der Waals surface area contributed by atoms with Gasteiger partial charge in [0.05, 0.1) is 0 Å². The number of hydrogen-bond acceptors (Lipinski definition) is 1. The third-order valence-electron chi connectivity index (χ3n) is 2.87. The maximum atomic E-state index is 13.0. The van der Waals surface area contributed by atoms with Crippen molar-refractivity contribution in [1.82, 2.24) is 5.32 Å². The molecule has 1 heterocycles. The number of carbonyl (C=O) groups excluding carboxylic acids is 1. The zero-order valence-electron chi connectivity index (χ0n) is 8.80. The Morgan fingerprint density at radius 2 is 2.12 bits per heavy atom. The van der Waals surface area contributed by atoms with Crippen LogP contribution in [0.3, 0.4) is 0 Å².